The Morgan fingerprint density at radius 2 is 2.12 bits per heavy atom. The fourth-order valence-electron chi connectivity index (χ4n) is 1.88. The number of nitrogens with one attached hydrogen (secondary N) is 1. The minimum atomic E-state index is 0.417. The van der Waals surface area contributed by atoms with E-state index in [4.69, 9.17) is 5.73 Å². The first-order valence-corrected chi connectivity index (χ1v) is 5.97. The topological polar surface area (TPSA) is 54.7 Å². The Kier molecular flexibility index (Phi) is 3.29. The molecule has 0 saturated heterocycles. The van der Waals surface area contributed by atoms with Crippen LogP contribution in [0.25, 0.3) is 11.3 Å². The Morgan fingerprint density at radius 1 is 1.35 bits per heavy atom. The molecule has 2 aromatic rings. The average Bonchev–Trinajstić information content (AvgIpc) is 2.72. The molecule has 0 amide bonds. The van der Waals surface area contributed by atoms with Gasteiger partial charge in [0.1, 0.15) is 5.82 Å². The Labute approximate surface area is 102 Å². The van der Waals surface area contributed by atoms with E-state index >= 15 is 0 Å². The number of nitrogens with zero attached hydrogens (tertiary/aromatic N) is 1. The molecular weight excluding hydrogens is 210 g/mol. The maximum atomic E-state index is 5.66. The summed E-state index contributed by atoms with van der Waals surface area (Å²) >= 11 is 0. The molecule has 2 rings (SSSR count). The van der Waals surface area contributed by atoms with Gasteiger partial charge in [0.15, 0.2) is 0 Å². The zero-order chi connectivity index (χ0) is 12.4. The molecule has 0 radical (unpaired) electrons. The van der Waals surface area contributed by atoms with E-state index in [-0.39, 0.29) is 0 Å². The van der Waals surface area contributed by atoms with Crippen molar-refractivity contribution in [1.82, 2.24) is 9.97 Å². The SMILES string of the molecule is Cc1[nH]c(C(C)C)nc1-c1cccc(CN)c1. The summed E-state index contributed by atoms with van der Waals surface area (Å²) < 4.78 is 0. The zero-order valence-corrected chi connectivity index (χ0v) is 10.6. The number of aromatic nitrogens is 2. The number of aromatic amines is 1. The maximum absolute atomic E-state index is 5.66. The minimum Gasteiger partial charge on any atom is -0.345 e. The lowest BCUT2D eigenvalue weighted by Gasteiger charge is -2.01. The summed E-state index contributed by atoms with van der Waals surface area (Å²) in [5, 5.41) is 0. The summed E-state index contributed by atoms with van der Waals surface area (Å²) in [4.78, 5) is 8.00. The van der Waals surface area contributed by atoms with Gasteiger partial charge in [-0.3, -0.25) is 0 Å². The number of rotatable bonds is 3. The van der Waals surface area contributed by atoms with Gasteiger partial charge in [0, 0.05) is 23.7 Å². The molecule has 90 valence electrons. The van der Waals surface area contributed by atoms with Crippen molar-refractivity contribution in [3.63, 3.8) is 0 Å². The third-order valence-electron chi connectivity index (χ3n) is 2.89. The molecule has 0 bridgehead atoms. The lowest BCUT2D eigenvalue weighted by atomic mass is 10.1. The van der Waals surface area contributed by atoms with Crippen LogP contribution < -0.4 is 5.73 Å². The van der Waals surface area contributed by atoms with Crippen molar-refractivity contribution in [2.24, 2.45) is 5.73 Å². The fourth-order valence-corrected chi connectivity index (χ4v) is 1.88. The van der Waals surface area contributed by atoms with Crippen LogP contribution in [0.15, 0.2) is 24.3 Å². The van der Waals surface area contributed by atoms with Crippen LogP contribution in [-0.2, 0) is 6.54 Å². The molecule has 3 nitrogen and oxygen atoms in total. The standard InChI is InChI=1S/C14H19N3/c1-9(2)14-16-10(3)13(17-14)12-6-4-5-11(7-12)8-15/h4-7,9H,8,15H2,1-3H3,(H,16,17). The molecule has 17 heavy (non-hydrogen) atoms. The summed E-state index contributed by atoms with van der Waals surface area (Å²) in [6.07, 6.45) is 0. The van der Waals surface area contributed by atoms with Gasteiger partial charge < -0.3 is 10.7 Å². The molecule has 0 unspecified atom stereocenters. The van der Waals surface area contributed by atoms with Gasteiger partial charge in [0.2, 0.25) is 0 Å². The van der Waals surface area contributed by atoms with E-state index in [0.717, 1.165) is 28.3 Å². The summed E-state index contributed by atoms with van der Waals surface area (Å²) in [5.74, 6) is 1.45. The van der Waals surface area contributed by atoms with Gasteiger partial charge in [0.25, 0.3) is 0 Å². The maximum Gasteiger partial charge on any atom is 0.109 e. The molecule has 0 saturated carbocycles. The second-order valence-electron chi connectivity index (χ2n) is 4.65. The molecule has 1 aromatic heterocycles. The quantitative estimate of drug-likeness (QED) is 0.850. The Balaban J connectivity index is 2.45. The predicted octanol–water partition coefficient (Wildman–Crippen LogP) is 2.97. The summed E-state index contributed by atoms with van der Waals surface area (Å²) in [6, 6.07) is 8.25. The molecule has 0 atom stereocenters. The highest BCUT2D eigenvalue weighted by molar-refractivity contribution is 5.62. The second-order valence-corrected chi connectivity index (χ2v) is 4.65. The molecular formula is C14H19N3. The molecule has 0 spiro atoms. The van der Waals surface area contributed by atoms with E-state index in [9.17, 15) is 0 Å². The monoisotopic (exact) mass is 229 g/mol. The number of nitrogens with two attached hydrogens (primary N) is 1. The van der Waals surface area contributed by atoms with Gasteiger partial charge >= 0.3 is 0 Å². The third kappa shape index (κ3) is 2.39. The van der Waals surface area contributed by atoms with Crippen molar-refractivity contribution < 1.29 is 0 Å². The molecule has 0 aliphatic heterocycles. The Bertz CT molecular complexity index is 512. The van der Waals surface area contributed by atoms with E-state index < -0.39 is 0 Å². The van der Waals surface area contributed by atoms with Gasteiger partial charge in [-0.2, -0.15) is 0 Å². The van der Waals surface area contributed by atoms with Crippen LogP contribution >= 0.6 is 0 Å². The summed E-state index contributed by atoms with van der Waals surface area (Å²) in [5.41, 5.74) is 10.1. The second kappa shape index (κ2) is 4.72. The lowest BCUT2D eigenvalue weighted by Crippen LogP contribution is -1.96. The number of benzene rings is 1. The average molecular weight is 229 g/mol. The molecule has 0 fully saturated rings. The van der Waals surface area contributed by atoms with Crippen molar-refractivity contribution in [1.29, 1.82) is 0 Å². The first-order chi connectivity index (χ1) is 8.11. The molecule has 3 heteroatoms. The van der Waals surface area contributed by atoms with Gasteiger partial charge in [-0.25, -0.2) is 4.98 Å². The van der Waals surface area contributed by atoms with Crippen LogP contribution in [0.1, 0.15) is 36.8 Å². The van der Waals surface area contributed by atoms with E-state index in [1.807, 2.05) is 12.1 Å². The van der Waals surface area contributed by atoms with Crippen LogP contribution in [0.5, 0.6) is 0 Å². The van der Waals surface area contributed by atoms with Gasteiger partial charge in [-0.05, 0) is 18.6 Å². The largest absolute Gasteiger partial charge is 0.345 e. The van der Waals surface area contributed by atoms with Crippen LogP contribution in [0.2, 0.25) is 0 Å². The van der Waals surface area contributed by atoms with Crippen molar-refractivity contribution >= 4 is 0 Å². The highest BCUT2D eigenvalue weighted by atomic mass is 14.9. The highest BCUT2D eigenvalue weighted by Crippen LogP contribution is 2.24. The normalized spacial score (nSPS) is 11.1. The van der Waals surface area contributed by atoms with E-state index in [0.29, 0.717) is 12.5 Å². The smallest absolute Gasteiger partial charge is 0.109 e. The van der Waals surface area contributed by atoms with Crippen molar-refractivity contribution in [3.8, 4) is 11.3 Å². The van der Waals surface area contributed by atoms with Crippen LogP contribution in [0, 0.1) is 6.92 Å². The lowest BCUT2D eigenvalue weighted by molar-refractivity contribution is 0.792. The number of H-pyrrole nitrogens is 1. The van der Waals surface area contributed by atoms with E-state index in [2.05, 4.69) is 42.9 Å². The first kappa shape index (κ1) is 11.9. The van der Waals surface area contributed by atoms with E-state index in [1.54, 1.807) is 0 Å². The molecule has 0 aliphatic rings. The van der Waals surface area contributed by atoms with Crippen molar-refractivity contribution in [3.05, 3.63) is 41.3 Å². The highest BCUT2D eigenvalue weighted by Gasteiger charge is 2.11. The number of aryl methyl sites for hydroxylation is 1. The minimum absolute atomic E-state index is 0.417. The van der Waals surface area contributed by atoms with Crippen LogP contribution in [0.4, 0.5) is 0 Å². The van der Waals surface area contributed by atoms with Gasteiger partial charge in [-0.15, -0.1) is 0 Å². The fraction of sp³-hybridized carbons (Fsp3) is 0.357. The molecule has 1 heterocycles. The predicted molar refractivity (Wildman–Crippen MR) is 70.7 cm³/mol. The number of hydrogen-bond acceptors (Lipinski definition) is 2. The first-order valence-electron chi connectivity index (χ1n) is 5.97. The van der Waals surface area contributed by atoms with Gasteiger partial charge in [0.05, 0.1) is 5.69 Å². The van der Waals surface area contributed by atoms with Crippen molar-refractivity contribution in [2.45, 2.75) is 33.2 Å². The zero-order valence-electron chi connectivity index (χ0n) is 10.6. The van der Waals surface area contributed by atoms with Crippen LogP contribution in [0.3, 0.4) is 0 Å². The molecule has 1 aromatic carbocycles. The van der Waals surface area contributed by atoms with Gasteiger partial charge in [-0.1, -0.05) is 32.0 Å². The number of imidazole rings is 1. The Hall–Kier alpha value is -1.61. The van der Waals surface area contributed by atoms with E-state index in [1.165, 1.54) is 0 Å². The van der Waals surface area contributed by atoms with Crippen molar-refractivity contribution in [2.75, 3.05) is 0 Å². The van der Waals surface area contributed by atoms with Crippen LogP contribution in [-0.4, -0.2) is 9.97 Å². The summed E-state index contributed by atoms with van der Waals surface area (Å²) in [7, 11) is 0. The number of hydrogen-bond donors (Lipinski definition) is 2. The molecule has 3 N–H and O–H groups in total. The third-order valence-corrected chi connectivity index (χ3v) is 2.89. The molecule has 0 aliphatic carbocycles. The summed E-state index contributed by atoms with van der Waals surface area (Å²) in [6.45, 7) is 6.90. The Morgan fingerprint density at radius 3 is 2.71 bits per heavy atom.